The molecule has 2 aromatic heterocycles. The molecule has 1 aliphatic rings. The first-order valence-corrected chi connectivity index (χ1v) is 9.51. The van der Waals surface area contributed by atoms with Crippen LogP contribution in [0.5, 0.6) is 5.75 Å². The van der Waals surface area contributed by atoms with Crippen LogP contribution in [0.4, 0.5) is 11.4 Å². The van der Waals surface area contributed by atoms with Crippen LogP contribution in [0.3, 0.4) is 0 Å². The summed E-state index contributed by atoms with van der Waals surface area (Å²) in [6, 6.07) is 11.2. The standard InChI is InChI=1S/C21H20ClN5O2/c1-12-7-8-13(26-25-12)9-14-10-17(19-18(23-14)11-27(2)21(19)28)24-16-6-4-5-15(22)20(16)29-3/h4-8,10H,9,11H2,1-3H3,(H,23,24). The highest BCUT2D eigenvalue weighted by molar-refractivity contribution is 6.32. The highest BCUT2D eigenvalue weighted by atomic mass is 35.5. The van der Waals surface area contributed by atoms with Gasteiger partial charge in [0.05, 0.1) is 52.7 Å². The SMILES string of the molecule is COc1c(Cl)cccc1Nc1cc(Cc2ccc(C)nn2)nc2c1C(=O)N(C)C2. The van der Waals surface area contributed by atoms with E-state index in [1.165, 1.54) is 0 Å². The van der Waals surface area contributed by atoms with Gasteiger partial charge < -0.3 is 15.0 Å². The first-order valence-electron chi connectivity index (χ1n) is 9.13. The summed E-state index contributed by atoms with van der Waals surface area (Å²) >= 11 is 6.25. The summed E-state index contributed by atoms with van der Waals surface area (Å²) in [4.78, 5) is 19.1. The molecule has 0 aliphatic carbocycles. The molecule has 0 saturated carbocycles. The Hall–Kier alpha value is -3.19. The fourth-order valence-electron chi connectivity index (χ4n) is 3.35. The minimum absolute atomic E-state index is 0.0716. The Morgan fingerprint density at radius 1 is 1.17 bits per heavy atom. The van der Waals surface area contributed by atoms with Crippen molar-refractivity contribution in [3.63, 3.8) is 0 Å². The molecule has 0 saturated heterocycles. The highest BCUT2D eigenvalue weighted by Gasteiger charge is 2.30. The fraction of sp³-hybridized carbons (Fsp3) is 0.238. The number of para-hydroxylation sites is 1. The van der Waals surface area contributed by atoms with Crippen molar-refractivity contribution < 1.29 is 9.53 Å². The van der Waals surface area contributed by atoms with E-state index in [0.29, 0.717) is 40.7 Å². The summed E-state index contributed by atoms with van der Waals surface area (Å²) in [5.74, 6) is 0.446. The van der Waals surface area contributed by atoms with E-state index in [9.17, 15) is 4.79 Å². The third-order valence-corrected chi connectivity index (χ3v) is 5.05. The smallest absolute Gasteiger partial charge is 0.257 e. The molecule has 7 nitrogen and oxygen atoms in total. The Bertz CT molecular complexity index is 1090. The molecular formula is C21H20ClN5O2. The summed E-state index contributed by atoms with van der Waals surface area (Å²) in [6.45, 7) is 2.36. The molecule has 1 amide bonds. The molecule has 0 radical (unpaired) electrons. The Balaban J connectivity index is 1.76. The number of methoxy groups -OCH3 is 1. The van der Waals surface area contributed by atoms with Crippen molar-refractivity contribution in [3.8, 4) is 5.75 Å². The summed E-state index contributed by atoms with van der Waals surface area (Å²) in [5, 5.41) is 12.1. The number of pyridine rings is 1. The minimum Gasteiger partial charge on any atom is -0.493 e. The third kappa shape index (κ3) is 3.73. The molecule has 29 heavy (non-hydrogen) atoms. The number of aromatic nitrogens is 3. The van der Waals surface area contributed by atoms with E-state index >= 15 is 0 Å². The lowest BCUT2D eigenvalue weighted by Gasteiger charge is -2.15. The van der Waals surface area contributed by atoms with Gasteiger partial charge in [0.15, 0.2) is 5.75 Å². The number of carbonyl (C=O) groups is 1. The largest absolute Gasteiger partial charge is 0.493 e. The first-order chi connectivity index (χ1) is 14.0. The number of amides is 1. The van der Waals surface area contributed by atoms with E-state index in [-0.39, 0.29) is 5.91 Å². The van der Waals surface area contributed by atoms with Gasteiger partial charge in [-0.3, -0.25) is 9.78 Å². The maximum absolute atomic E-state index is 12.7. The zero-order chi connectivity index (χ0) is 20.5. The molecule has 0 spiro atoms. The molecule has 148 valence electrons. The number of anilines is 2. The van der Waals surface area contributed by atoms with E-state index in [1.54, 1.807) is 25.1 Å². The molecule has 0 unspecified atom stereocenters. The number of hydrogen-bond acceptors (Lipinski definition) is 6. The maximum atomic E-state index is 12.7. The van der Waals surface area contributed by atoms with E-state index in [1.807, 2.05) is 37.3 Å². The van der Waals surface area contributed by atoms with Crippen LogP contribution in [0.25, 0.3) is 0 Å². The Labute approximate surface area is 173 Å². The zero-order valence-corrected chi connectivity index (χ0v) is 17.1. The zero-order valence-electron chi connectivity index (χ0n) is 16.4. The van der Waals surface area contributed by atoms with E-state index < -0.39 is 0 Å². The Morgan fingerprint density at radius 3 is 2.72 bits per heavy atom. The molecule has 0 atom stereocenters. The topological polar surface area (TPSA) is 80.2 Å². The number of ether oxygens (including phenoxy) is 1. The second-order valence-electron chi connectivity index (χ2n) is 6.93. The van der Waals surface area contributed by atoms with Crippen molar-refractivity contribution in [2.24, 2.45) is 0 Å². The number of halogens is 1. The Morgan fingerprint density at radius 2 is 2.00 bits per heavy atom. The molecule has 3 aromatic rings. The van der Waals surface area contributed by atoms with Crippen LogP contribution in [-0.2, 0) is 13.0 Å². The lowest BCUT2D eigenvalue weighted by molar-refractivity contribution is 0.0817. The number of nitrogens with one attached hydrogen (secondary N) is 1. The van der Waals surface area contributed by atoms with E-state index in [2.05, 4.69) is 15.5 Å². The number of aryl methyl sites for hydroxylation is 1. The van der Waals surface area contributed by atoms with Crippen molar-refractivity contribution >= 4 is 28.9 Å². The van der Waals surface area contributed by atoms with E-state index in [0.717, 1.165) is 22.8 Å². The molecule has 0 bridgehead atoms. The monoisotopic (exact) mass is 409 g/mol. The van der Waals surface area contributed by atoms with Gasteiger partial charge in [-0.1, -0.05) is 17.7 Å². The summed E-state index contributed by atoms with van der Waals surface area (Å²) in [5.41, 5.74) is 5.11. The minimum atomic E-state index is -0.0716. The fourth-order valence-corrected chi connectivity index (χ4v) is 3.60. The van der Waals surface area contributed by atoms with Crippen LogP contribution in [0, 0.1) is 6.92 Å². The third-order valence-electron chi connectivity index (χ3n) is 4.75. The molecule has 1 aliphatic heterocycles. The number of rotatable bonds is 5. The lowest BCUT2D eigenvalue weighted by Crippen LogP contribution is -2.18. The lowest BCUT2D eigenvalue weighted by atomic mass is 10.1. The average molecular weight is 410 g/mol. The second-order valence-corrected chi connectivity index (χ2v) is 7.34. The molecule has 4 rings (SSSR count). The van der Waals surface area contributed by atoms with E-state index in [4.69, 9.17) is 21.3 Å². The highest BCUT2D eigenvalue weighted by Crippen LogP contribution is 2.37. The summed E-state index contributed by atoms with van der Waals surface area (Å²) < 4.78 is 5.43. The van der Waals surface area contributed by atoms with Crippen LogP contribution in [0.2, 0.25) is 5.02 Å². The summed E-state index contributed by atoms with van der Waals surface area (Å²) in [6.07, 6.45) is 0.514. The molecular weight excluding hydrogens is 390 g/mol. The molecule has 1 aromatic carbocycles. The van der Waals surface area contributed by atoms with Crippen molar-refractivity contribution in [2.45, 2.75) is 19.9 Å². The number of nitrogens with zero attached hydrogens (tertiary/aromatic N) is 4. The second kappa shape index (κ2) is 7.67. The Kier molecular flexibility index (Phi) is 5.07. The van der Waals surface area contributed by atoms with Crippen molar-refractivity contribution in [1.82, 2.24) is 20.1 Å². The number of benzene rings is 1. The van der Waals surface area contributed by atoms with Crippen molar-refractivity contribution in [1.29, 1.82) is 0 Å². The summed E-state index contributed by atoms with van der Waals surface area (Å²) in [7, 11) is 3.32. The van der Waals surface area contributed by atoms with Crippen LogP contribution < -0.4 is 10.1 Å². The van der Waals surface area contributed by atoms with Gasteiger partial charge >= 0.3 is 0 Å². The van der Waals surface area contributed by atoms with Gasteiger partial charge in [-0.15, -0.1) is 0 Å². The maximum Gasteiger partial charge on any atom is 0.257 e. The quantitative estimate of drug-likeness (QED) is 0.691. The van der Waals surface area contributed by atoms with Gasteiger partial charge in [0.25, 0.3) is 5.91 Å². The van der Waals surface area contributed by atoms with Crippen LogP contribution in [0.1, 0.15) is 33.1 Å². The number of carbonyl (C=O) groups excluding carboxylic acids is 1. The van der Waals surface area contributed by atoms with Crippen LogP contribution >= 0.6 is 11.6 Å². The van der Waals surface area contributed by atoms with Gasteiger partial charge in [-0.05, 0) is 37.3 Å². The van der Waals surface area contributed by atoms with Gasteiger partial charge in [-0.2, -0.15) is 10.2 Å². The van der Waals surface area contributed by atoms with Gasteiger partial charge in [-0.25, -0.2) is 0 Å². The van der Waals surface area contributed by atoms with Gasteiger partial charge in [0.1, 0.15) is 0 Å². The molecule has 1 N–H and O–H groups in total. The van der Waals surface area contributed by atoms with Crippen LogP contribution in [-0.4, -0.2) is 40.1 Å². The normalized spacial score (nSPS) is 12.8. The number of fused-ring (bicyclic) bond motifs is 1. The molecule has 0 fully saturated rings. The van der Waals surface area contributed by atoms with Crippen molar-refractivity contribution in [2.75, 3.05) is 19.5 Å². The number of hydrogen-bond donors (Lipinski definition) is 1. The molecule has 3 heterocycles. The van der Waals surface area contributed by atoms with Gasteiger partial charge in [0, 0.05) is 19.2 Å². The molecule has 8 heteroatoms. The predicted octanol–water partition coefficient (Wildman–Crippen LogP) is 3.76. The van der Waals surface area contributed by atoms with Crippen molar-refractivity contribution in [3.05, 3.63) is 69.8 Å². The first kappa shape index (κ1) is 19.1. The average Bonchev–Trinajstić information content (AvgIpc) is 2.98. The predicted molar refractivity (Wildman–Crippen MR) is 111 cm³/mol. The van der Waals surface area contributed by atoms with Crippen LogP contribution in [0.15, 0.2) is 36.4 Å². The van der Waals surface area contributed by atoms with Gasteiger partial charge in [0.2, 0.25) is 0 Å².